The molecule has 1 aliphatic rings. The second-order valence-corrected chi connectivity index (χ2v) is 5.85. The molecule has 1 fully saturated rings. The minimum absolute atomic E-state index is 0.120. The Hall–Kier alpha value is -1.55. The van der Waals surface area contributed by atoms with E-state index in [2.05, 4.69) is 22.3 Å². The number of nitrogens with zero attached hydrogens (tertiary/aromatic N) is 1. The van der Waals surface area contributed by atoms with Crippen molar-refractivity contribution in [1.82, 2.24) is 0 Å². The average Bonchev–Trinajstić information content (AvgIpc) is 2.48. The molecule has 1 aromatic rings. The second-order valence-electron chi connectivity index (χ2n) is 5.85. The van der Waals surface area contributed by atoms with Crippen molar-refractivity contribution in [3.8, 4) is 0 Å². The number of piperidine rings is 1. The summed E-state index contributed by atoms with van der Waals surface area (Å²) in [7, 11) is 0. The Balaban J connectivity index is 1.96. The number of hydrogen-bond donors (Lipinski definition) is 2. The molecule has 1 amide bonds. The van der Waals surface area contributed by atoms with E-state index < -0.39 is 6.04 Å². The highest BCUT2D eigenvalue weighted by atomic mass is 16.2. The Morgan fingerprint density at radius 1 is 1.15 bits per heavy atom. The number of hydrogen-bond acceptors (Lipinski definition) is 3. The molecule has 3 N–H and O–H groups in total. The fourth-order valence-corrected chi connectivity index (χ4v) is 2.44. The molecular weight excluding hydrogens is 250 g/mol. The van der Waals surface area contributed by atoms with Gasteiger partial charge in [0.2, 0.25) is 5.91 Å². The van der Waals surface area contributed by atoms with Crippen molar-refractivity contribution in [2.75, 3.05) is 23.3 Å². The Bertz CT molecular complexity index is 436. The van der Waals surface area contributed by atoms with Crippen molar-refractivity contribution in [2.24, 2.45) is 11.7 Å². The van der Waals surface area contributed by atoms with Gasteiger partial charge in [0.15, 0.2) is 0 Å². The quantitative estimate of drug-likeness (QED) is 0.888. The van der Waals surface area contributed by atoms with Crippen LogP contribution in [0.25, 0.3) is 0 Å². The number of amides is 1. The lowest BCUT2D eigenvalue weighted by Gasteiger charge is -2.28. The van der Waals surface area contributed by atoms with E-state index in [1.54, 1.807) is 0 Å². The largest absolute Gasteiger partial charge is 0.372 e. The molecule has 20 heavy (non-hydrogen) atoms. The van der Waals surface area contributed by atoms with Gasteiger partial charge in [0.1, 0.15) is 0 Å². The Morgan fingerprint density at radius 2 is 1.75 bits per heavy atom. The van der Waals surface area contributed by atoms with E-state index in [9.17, 15) is 4.79 Å². The third-order valence-electron chi connectivity index (χ3n) is 3.88. The maximum atomic E-state index is 11.9. The lowest BCUT2D eigenvalue weighted by atomic mass is 10.0. The molecule has 0 bridgehead atoms. The van der Waals surface area contributed by atoms with Gasteiger partial charge in [-0.2, -0.15) is 0 Å². The van der Waals surface area contributed by atoms with E-state index in [1.807, 2.05) is 26.0 Å². The first-order valence-electron chi connectivity index (χ1n) is 7.49. The Morgan fingerprint density at radius 3 is 2.30 bits per heavy atom. The van der Waals surface area contributed by atoms with Crippen molar-refractivity contribution < 1.29 is 4.79 Å². The van der Waals surface area contributed by atoms with E-state index >= 15 is 0 Å². The lowest BCUT2D eigenvalue weighted by molar-refractivity contribution is -0.118. The van der Waals surface area contributed by atoms with Crippen molar-refractivity contribution in [2.45, 2.75) is 39.2 Å². The summed E-state index contributed by atoms with van der Waals surface area (Å²) in [6.45, 7) is 6.15. The predicted molar refractivity (Wildman–Crippen MR) is 83.9 cm³/mol. The minimum Gasteiger partial charge on any atom is -0.372 e. The van der Waals surface area contributed by atoms with Gasteiger partial charge in [-0.3, -0.25) is 4.79 Å². The van der Waals surface area contributed by atoms with Gasteiger partial charge in [-0.15, -0.1) is 0 Å². The smallest absolute Gasteiger partial charge is 0.241 e. The van der Waals surface area contributed by atoms with Crippen molar-refractivity contribution in [1.29, 1.82) is 0 Å². The van der Waals surface area contributed by atoms with Crippen LogP contribution in [-0.4, -0.2) is 25.0 Å². The maximum Gasteiger partial charge on any atom is 0.241 e. The molecule has 0 aromatic heterocycles. The molecule has 0 aliphatic carbocycles. The summed E-state index contributed by atoms with van der Waals surface area (Å²) in [4.78, 5) is 14.3. The van der Waals surface area contributed by atoms with Gasteiger partial charge in [-0.25, -0.2) is 0 Å². The number of benzene rings is 1. The molecule has 0 unspecified atom stereocenters. The van der Waals surface area contributed by atoms with Crippen LogP contribution in [0.15, 0.2) is 24.3 Å². The van der Waals surface area contributed by atoms with Gasteiger partial charge in [-0.05, 0) is 49.4 Å². The van der Waals surface area contributed by atoms with Gasteiger partial charge in [0.25, 0.3) is 0 Å². The summed E-state index contributed by atoms with van der Waals surface area (Å²) in [5, 5.41) is 2.87. The molecule has 0 saturated carbocycles. The molecule has 4 nitrogen and oxygen atoms in total. The molecule has 0 radical (unpaired) electrons. The summed E-state index contributed by atoms with van der Waals surface area (Å²) in [6.07, 6.45) is 3.86. The van der Waals surface area contributed by atoms with Crippen LogP contribution in [-0.2, 0) is 4.79 Å². The van der Waals surface area contributed by atoms with Gasteiger partial charge in [-0.1, -0.05) is 13.8 Å². The zero-order valence-electron chi connectivity index (χ0n) is 12.4. The zero-order chi connectivity index (χ0) is 14.5. The highest BCUT2D eigenvalue weighted by Gasteiger charge is 2.17. The van der Waals surface area contributed by atoms with E-state index in [-0.39, 0.29) is 11.8 Å². The zero-order valence-corrected chi connectivity index (χ0v) is 12.4. The third-order valence-corrected chi connectivity index (χ3v) is 3.88. The average molecular weight is 275 g/mol. The predicted octanol–water partition coefficient (Wildman–Crippen LogP) is 2.60. The van der Waals surface area contributed by atoms with Crippen LogP contribution in [0.2, 0.25) is 0 Å². The van der Waals surface area contributed by atoms with Gasteiger partial charge in [0, 0.05) is 24.5 Å². The summed E-state index contributed by atoms with van der Waals surface area (Å²) < 4.78 is 0. The molecule has 1 heterocycles. The maximum absolute atomic E-state index is 11.9. The Kier molecular flexibility index (Phi) is 5.01. The first kappa shape index (κ1) is 14.9. The fourth-order valence-electron chi connectivity index (χ4n) is 2.44. The normalized spacial score (nSPS) is 17.1. The van der Waals surface area contributed by atoms with Crippen LogP contribution >= 0.6 is 0 Å². The number of carbonyl (C=O) groups excluding carboxylic acids is 1. The summed E-state index contributed by atoms with van der Waals surface area (Å²) in [5.74, 6) is 0.0216. The first-order valence-corrected chi connectivity index (χ1v) is 7.49. The number of carbonyl (C=O) groups is 1. The molecular formula is C16H25N3O. The number of nitrogens with two attached hydrogens (primary N) is 1. The Labute approximate surface area is 121 Å². The van der Waals surface area contributed by atoms with Crippen LogP contribution in [0.3, 0.4) is 0 Å². The first-order chi connectivity index (χ1) is 9.58. The molecule has 110 valence electrons. The van der Waals surface area contributed by atoms with Crippen LogP contribution in [0.5, 0.6) is 0 Å². The van der Waals surface area contributed by atoms with Crippen LogP contribution in [0.1, 0.15) is 33.1 Å². The highest BCUT2D eigenvalue weighted by molar-refractivity contribution is 5.94. The summed E-state index contributed by atoms with van der Waals surface area (Å²) in [5.41, 5.74) is 7.88. The monoisotopic (exact) mass is 275 g/mol. The van der Waals surface area contributed by atoms with Crippen molar-refractivity contribution in [3.63, 3.8) is 0 Å². The van der Waals surface area contributed by atoms with E-state index in [4.69, 9.17) is 5.73 Å². The molecule has 4 heteroatoms. The third kappa shape index (κ3) is 3.73. The molecule has 1 aliphatic heterocycles. The van der Waals surface area contributed by atoms with E-state index in [0.29, 0.717) is 0 Å². The SMILES string of the molecule is CC(C)[C@H](N)C(=O)Nc1ccc(N2CCCCC2)cc1. The number of anilines is 2. The van der Waals surface area contributed by atoms with E-state index in [0.717, 1.165) is 18.8 Å². The number of rotatable bonds is 4. The fraction of sp³-hybridized carbons (Fsp3) is 0.562. The summed E-state index contributed by atoms with van der Waals surface area (Å²) >= 11 is 0. The number of nitrogens with one attached hydrogen (secondary N) is 1. The molecule has 1 saturated heterocycles. The standard InChI is InChI=1S/C16H25N3O/c1-12(2)15(17)16(20)18-13-6-8-14(9-7-13)19-10-4-3-5-11-19/h6-9,12,15H,3-5,10-11,17H2,1-2H3,(H,18,20)/t15-/m0/s1. The van der Waals surface area contributed by atoms with Crippen LogP contribution in [0, 0.1) is 5.92 Å². The molecule has 1 aromatic carbocycles. The molecule has 0 spiro atoms. The topological polar surface area (TPSA) is 58.4 Å². The van der Waals surface area contributed by atoms with Gasteiger partial charge in [0.05, 0.1) is 6.04 Å². The van der Waals surface area contributed by atoms with Gasteiger partial charge >= 0.3 is 0 Å². The van der Waals surface area contributed by atoms with Crippen molar-refractivity contribution in [3.05, 3.63) is 24.3 Å². The molecule has 1 atom stereocenters. The lowest BCUT2D eigenvalue weighted by Crippen LogP contribution is -2.39. The summed E-state index contributed by atoms with van der Waals surface area (Å²) in [6, 6.07) is 7.59. The van der Waals surface area contributed by atoms with E-state index in [1.165, 1.54) is 24.9 Å². The van der Waals surface area contributed by atoms with Crippen molar-refractivity contribution >= 4 is 17.3 Å². The van der Waals surface area contributed by atoms with Crippen LogP contribution < -0.4 is 16.0 Å². The van der Waals surface area contributed by atoms with Crippen LogP contribution in [0.4, 0.5) is 11.4 Å². The minimum atomic E-state index is -0.461. The second kappa shape index (κ2) is 6.75. The highest BCUT2D eigenvalue weighted by Crippen LogP contribution is 2.21. The van der Waals surface area contributed by atoms with Gasteiger partial charge < -0.3 is 16.0 Å². The molecule has 2 rings (SSSR count).